The number of benzene rings is 2. The minimum absolute atomic E-state index is 0.0580. The molecule has 2 aromatic carbocycles. The molecular formula is C21H23N5O5. The lowest BCUT2D eigenvalue weighted by atomic mass is 10.0. The lowest BCUT2D eigenvalue weighted by molar-refractivity contribution is -0.144. The van der Waals surface area contributed by atoms with Crippen LogP contribution in [0.15, 0.2) is 47.3 Å². The van der Waals surface area contributed by atoms with Crippen molar-refractivity contribution < 1.29 is 19.4 Å². The lowest BCUT2D eigenvalue weighted by Gasteiger charge is -2.14. The van der Waals surface area contributed by atoms with Crippen LogP contribution in [0.3, 0.4) is 0 Å². The molecule has 10 heteroatoms. The van der Waals surface area contributed by atoms with Gasteiger partial charge in [0.05, 0.1) is 12.2 Å². The van der Waals surface area contributed by atoms with E-state index in [1.165, 1.54) is 6.92 Å². The molecule has 1 heterocycles. The number of carbonyl (C=O) groups is 1. The van der Waals surface area contributed by atoms with E-state index in [2.05, 4.69) is 15.4 Å². The number of nitrogen functional groups attached to an aromatic ring is 2. The highest BCUT2D eigenvalue weighted by molar-refractivity contribution is 5.76. The van der Waals surface area contributed by atoms with Gasteiger partial charge in [-0.05, 0) is 49.2 Å². The van der Waals surface area contributed by atoms with Crippen molar-refractivity contribution in [3.8, 4) is 34.0 Å². The molecule has 1 atom stereocenters. The summed E-state index contributed by atoms with van der Waals surface area (Å²) in [6.07, 6.45) is -0.977. The monoisotopic (exact) mass is 425 g/mol. The van der Waals surface area contributed by atoms with Crippen molar-refractivity contribution >= 4 is 17.5 Å². The fraction of sp³-hybridized carbons (Fsp3) is 0.190. The average Bonchev–Trinajstić information content (AvgIpc) is 2.76. The lowest BCUT2D eigenvalue weighted by Crippen LogP contribution is -2.22. The molecule has 0 fully saturated rings. The van der Waals surface area contributed by atoms with Gasteiger partial charge in [0.1, 0.15) is 23.0 Å². The minimum Gasteiger partial charge on any atom is -0.493 e. The molecule has 0 aliphatic heterocycles. The van der Waals surface area contributed by atoms with E-state index in [-0.39, 0.29) is 17.3 Å². The molecule has 0 aliphatic carbocycles. The minimum atomic E-state index is -1.05. The topological polar surface area (TPSA) is 166 Å². The highest BCUT2D eigenvalue weighted by Crippen LogP contribution is 2.34. The highest BCUT2D eigenvalue weighted by atomic mass is 16.5. The van der Waals surface area contributed by atoms with Gasteiger partial charge < -0.3 is 30.7 Å². The van der Waals surface area contributed by atoms with Crippen LogP contribution in [0.2, 0.25) is 0 Å². The van der Waals surface area contributed by atoms with Gasteiger partial charge in [-0.15, -0.1) is 0 Å². The van der Waals surface area contributed by atoms with Crippen LogP contribution >= 0.6 is 0 Å². The van der Waals surface area contributed by atoms with Gasteiger partial charge in [0, 0.05) is 0 Å². The summed E-state index contributed by atoms with van der Waals surface area (Å²) < 4.78 is 11.2. The van der Waals surface area contributed by atoms with Crippen LogP contribution in [0, 0.1) is 0 Å². The zero-order valence-electron chi connectivity index (χ0n) is 17.0. The first-order valence-electron chi connectivity index (χ1n) is 9.47. The second-order valence-corrected chi connectivity index (χ2v) is 6.59. The van der Waals surface area contributed by atoms with Gasteiger partial charge in [-0.25, -0.2) is 15.6 Å². The van der Waals surface area contributed by atoms with Crippen LogP contribution in [0.5, 0.6) is 11.5 Å². The molecular weight excluding hydrogens is 402 g/mol. The van der Waals surface area contributed by atoms with Crippen LogP contribution < -0.4 is 32.0 Å². The third kappa shape index (κ3) is 4.75. The Labute approximate surface area is 177 Å². The standard InChI is InChI=1S/C21H23N5O5/c1-3-30-16-10-13(12-5-4-6-14(9-12)31-11(2)21(28)29)7-8-15(16)18-24-19(26-23)17(22)20(27)25-18/h4-11H,3,22-23H2,1-2H3,(H,28,29)(H2,24,25,26,27). The number of nitrogens with one attached hydrogen (secondary N) is 2. The van der Waals surface area contributed by atoms with Gasteiger partial charge in [-0.1, -0.05) is 18.2 Å². The molecule has 162 valence electrons. The Morgan fingerprint density at radius 1 is 1.26 bits per heavy atom. The first-order chi connectivity index (χ1) is 14.8. The van der Waals surface area contributed by atoms with Gasteiger partial charge >= 0.3 is 5.97 Å². The molecule has 1 unspecified atom stereocenters. The van der Waals surface area contributed by atoms with Crippen molar-refractivity contribution in [2.45, 2.75) is 20.0 Å². The Kier molecular flexibility index (Phi) is 6.41. The maximum Gasteiger partial charge on any atom is 0.344 e. The predicted molar refractivity (Wildman–Crippen MR) is 117 cm³/mol. The molecule has 0 spiro atoms. The zero-order chi connectivity index (χ0) is 22.5. The van der Waals surface area contributed by atoms with E-state index < -0.39 is 17.6 Å². The number of ether oxygens (including phenoxy) is 2. The molecule has 31 heavy (non-hydrogen) atoms. The Morgan fingerprint density at radius 2 is 2.00 bits per heavy atom. The normalized spacial score (nSPS) is 11.6. The number of aromatic amines is 1. The van der Waals surface area contributed by atoms with Gasteiger partial charge in [-0.2, -0.15) is 0 Å². The summed E-state index contributed by atoms with van der Waals surface area (Å²) in [5, 5.41) is 9.05. The summed E-state index contributed by atoms with van der Waals surface area (Å²) in [4.78, 5) is 30.0. The van der Waals surface area contributed by atoms with Crippen molar-refractivity contribution in [1.82, 2.24) is 9.97 Å². The number of rotatable bonds is 8. The van der Waals surface area contributed by atoms with Crippen LogP contribution in [-0.4, -0.2) is 33.8 Å². The fourth-order valence-corrected chi connectivity index (χ4v) is 2.90. The van der Waals surface area contributed by atoms with E-state index in [0.717, 1.165) is 11.1 Å². The number of anilines is 2. The third-order valence-electron chi connectivity index (χ3n) is 4.46. The molecule has 0 aliphatic rings. The smallest absolute Gasteiger partial charge is 0.344 e. The molecule has 10 nitrogen and oxygen atoms in total. The third-order valence-corrected chi connectivity index (χ3v) is 4.46. The second kappa shape index (κ2) is 9.18. The molecule has 0 radical (unpaired) electrons. The first-order valence-corrected chi connectivity index (χ1v) is 9.47. The summed E-state index contributed by atoms with van der Waals surface area (Å²) in [5.74, 6) is 5.57. The maximum atomic E-state index is 12.1. The fourth-order valence-electron chi connectivity index (χ4n) is 2.90. The molecule has 0 bridgehead atoms. The Hall–Kier alpha value is -4.05. The van der Waals surface area contributed by atoms with Crippen molar-refractivity contribution in [2.24, 2.45) is 5.84 Å². The molecule has 7 N–H and O–H groups in total. The average molecular weight is 425 g/mol. The number of hydrogen-bond donors (Lipinski definition) is 5. The number of H-pyrrole nitrogens is 1. The van der Waals surface area contributed by atoms with Crippen molar-refractivity contribution in [2.75, 3.05) is 17.8 Å². The number of hydrogen-bond acceptors (Lipinski definition) is 8. The van der Waals surface area contributed by atoms with Gasteiger partial charge in [0.2, 0.25) is 0 Å². The van der Waals surface area contributed by atoms with Crippen LogP contribution in [0.1, 0.15) is 13.8 Å². The summed E-state index contributed by atoms with van der Waals surface area (Å²) in [6, 6.07) is 12.4. The molecule has 0 saturated carbocycles. The van der Waals surface area contributed by atoms with Gasteiger partial charge in [0.25, 0.3) is 5.56 Å². The van der Waals surface area contributed by atoms with Crippen molar-refractivity contribution in [3.63, 3.8) is 0 Å². The highest BCUT2D eigenvalue weighted by Gasteiger charge is 2.16. The molecule has 0 saturated heterocycles. The van der Waals surface area contributed by atoms with E-state index in [1.807, 2.05) is 19.1 Å². The maximum absolute atomic E-state index is 12.1. The van der Waals surface area contributed by atoms with Gasteiger partial charge in [0.15, 0.2) is 11.9 Å². The van der Waals surface area contributed by atoms with E-state index in [4.69, 9.17) is 26.2 Å². The van der Waals surface area contributed by atoms with Crippen LogP contribution in [0.4, 0.5) is 11.5 Å². The number of nitrogens with zero attached hydrogens (tertiary/aromatic N) is 1. The SMILES string of the molecule is CCOc1cc(-c2cccc(OC(C)C(=O)O)c2)ccc1-c1nc(NN)c(N)c(=O)[nH]1. The van der Waals surface area contributed by atoms with Gasteiger partial charge in [-0.3, -0.25) is 4.79 Å². The quantitative estimate of drug-likeness (QED) is 0.269. The Balaban J connectivity index is 2.03. The Morgan fingerprint density at radius 3 is 2.68 bits per heavy atom. The van der Waals surface area contributed by atoms with Crippen molar-refractivity contribution in [1.29, 1.82) is 0 Å². The summed E-state index contributed by atoms with van der Waals surface area (Å²) in [6.45, 7) is 3.68. The largest absolute Gasteiger partial charge is 0.493 e. The number of hydrazine groups is 1. The number of carboxylic acids is 1. The van der Waals surface area contributed by atoms with Crippen LogP contribution in [0.25, 0.3) is 22.5 Å². The zero-order valence-corrected chi connectivity index (χ0v) is 17.0. The summed E-state index contributed by atoms with van der Waals surface area (Å²) in [5.41, 5.74) is 9.49. The second-order valence-electron chi connectivity index (χ2n) is 6.59. The van der Waals surface area contributed by atoms with E-state index in [1.54, 1.807) is 30.3 Å². The molecule has 3 rings (SSSR count). The number of aromatic nitrogens is 2. The summed E-state index contributed by atoms with van der Waals surface area (Å²) in [7, 11) is 0. The number of nitrogens with two attached hydrogens (primary N) is 2. The van der Waals surface area contributed by atoms with Crippen molar-refractivity contribution in [3.05, 3.63) is 52.8 Å². The number of carboxylic acid groups (broad SMARTS) is 1. The predicted octanol–water partition coefficient (Wildman–Crippen LogP) is 2.22. The Bertz CT molecular complexity index is 1160. The number of aliphatic carboxylic acids is 1. The summed E-state index contributed by atoms with van der Waals surface area (Å²) >= 11 is 0. The van der Waals surface area contributed by atoms with Crippen LogP contribution in [-0.2, 0) is 4.79 Å². The van der Waals surface area contributed by atoms with E-state index >= 15 is 0 Å². The molecule has 0 amide bonds. The van der Waals surface area contributed by atoms with E-state index in [0.29, 0.717) is 23.7 Å². The molecule has 1 aromatic heterocycles. The molecule has 3 aromatic rings. The van der Waals surface area contributed by atoms with E-state index in [9.17, 15) is 9.59 Å². The first kappa shape index (κ1) is 21.7.